The van der Waals surface area contributed by atoms with Gasteiger partial charge in [-0.25, -0.2) is 0 Å². The summed E-state index contributed by atoms with van der Waals surface area (Å²) in [5, 5.41) is 13.5. The van der Waals surface area contributed by atoms with Crippen LogP contribution in [0.4, 0.5) is 5.82 Å². The van der Waals surface area contributed by atoms with Gasteiger partial charge in [-0.15, -0.1) is 0 Å². The number of hydrogen-bond donors (Lipinski definition) is 2. The lowest BCUT2D eigenvalue weighted by Gasteiger charge is -1.96. The molecule has 0 bridgehead atoms. The first-order valence-corrected chi connectivity index (χ1v) is 8.00. The van der Waals surface area contributed by atoms with Gasteiger partial charge in [0.15, 0.2) is 17.3 Å². The summed E-state index contributed by atoms with van der Waals surface area (Å²) in [6.07, 6.45) is 3.38. The van der Waals surface area contributed by atoms with Crippen molar-refractivity contribution in [2.24, 2.45) is 0 Å². The molecule has 7 nitrogen and oxygen atoms in total. The molecule has 3 aromatic heterocycles. The molecule has 0 spiro atoms. The monoisotopic (exact) mass is 345 g/mol. The van der Waals surface area contributed by atoms with Crippen LogP contribution in [-0.2, 0) is 0 Å². The van der Waals surface area contributed by atoms with Gasteiger partial charge in [-0.2, -0.15) is 5.10 Å². The van der Waals surface area contributed by atoms with Gasteiger partial charge in [-0.1, -0.05) is 35.0 Å². The molecule has 0 aliphatic carbocycles. The fourth-order valence-corrected chi connectivity index (χ4v) is 2.48. The number of carbonyl (C=O) groups excluding carboxylic acids is 1. The smallest absolute Gasteiger partial charge is 0.279 e. The highest BCUT2D eigenvalue weighted by atomic mass is 16.5. The number of benzene rings is 1. The number of pyridine rings is 1. The van der Waals surface area contributed by atoms with E-state index in [9.17, 15) is 4.79 Å². The Labute approximate surface area is 149 Å². The van der Waals surface area contributed by atoms with Crippen molar-refractivity contribution in [3.05, 3.63) is 72.2 Å². The summed E-state index contributed by atoms with van der Waals surface area (Å²) in [6.45, 7) is 2.01. The van der Waals surface area contributed by atoms with E-state index in [1.54, 1.807) is 24.5 Å². The molecule has 1 amide bonds. The van der Waals surface area contributed by atoms with Crippen LogP contribution in [0.15, 0.2) is 65.4 Å². The fourth-order valence-electron chi connectivity index (χ4n) is 2.48. The summed E-state index contributed by atoms with van der Waals surface area (Å²) < 4.78 is 5.28. The van der Waals surface area contributed by atoms with E-state index >= 15 is 0 Å². The number of aryl methyl sites for hydroxylation is 1. The van der Waals surface area contributed by atoms with Crippen LogP contribution in [0.5, 0.6) is 0 Å². The van der Waals surface area contributed by atoms with Crippen LogP contribution < -0.4 is 5.32 Å². The highest BCUT2D eigenvalue weighted by molar-refractivity contribution is 6.03. The normalized spacial score (nSPS) is 10.7. The predicted molar refractivity (Wildman–Crippen MR) is 96.4 cm³/mol. The zero-order chi connectivity index (χ0) is 17.9. The maximum Gasteiger partial charge on any atom is 0.279 e. The van der Waals surface area contributed by atoms with Crippen LogP contribution >= 0.6 is 0 Å². The van der Waals surface area contributed by atoms with Gasteiger partial charge in [0.1, 0.15) is 0 Å². The maximum atomic E-state index is 12.4. The van der Waals surface area contributed by atoms with Crippen molar-refractivity contribution >= 4 is 11.7 Å². The molecular formula is C19H15N5O2. The number of hydrogen-bond acceptors (Lipinski definition) is 5. The van der Waals surface area contributed by atoms with Crippen molar-refractivity contribution < 1.29 is 9.32 Å². The SMILES string of the molecule is Cc1ccc(-c2cc(C(=O)Nc3cc(-c4ccncc4)[nH]n3)no2)cc1. The number of H-pyrrole nitrogens is 1. The average molecular weight is 345 g/mol. The maximum absolute atomic E-state index is 12.4. The molecule has 0 atom stereocenters. The molecule has 4 aromatic rings. The Balaban J connectivity index is 1.49. The second-order valence-corrected chi connectivity index (χ2v) is 5.80. The molecule has 7 heteroatoms. The summed E-state index contributed by atoms with van der Waals surface area (Å²) in [4.78, 5) is 16.3. The lowest BCUT2D eigenvalue weighted by atomic mass is 10.1. The number of amides is 1. The van der Waals surface area contributed by atoms with E-state index in [2.05, 4.69) is 25.7 Å². The molecule has 128 valence electrons. The molecular weight excluding hydrogens is 330 g/mol. The minimum atomic E-state index is -0.389. The summed E-state index contributed by atoms with van der Waals surface area (Å²) in [7, 11) is 0. The third-order valence-corrected chi connectivity index (χ3v) is 3.89. The number of aromatic amines is 1. The van der Waals surface area contributed by atoms with Crippen LogP contribution in [0.25, 0.3) is 22.6 Å². The van der Waals surface area contributed by atoms with Gasteiger partial charge in [-0.3, -0.25) is 14.9 Å². The van der Waals surface area contributed by atoms with E-state index in [1.165, 1.54) is 0 Å². The molecule has 0 saturated heterocycles. The second-order valence-electron chi connectivity index (χ2n) is 5.80. The van der Waals surface area contributed by atoms with Crippen molar-refractivity contribution in [3.8, 4) is 22.6 Å². The highest BCUT2D eigenvalue weighted by Gasteiger charge is 2.15. The third-order valence-electron chi connectivity index (χ3n) is 3.89. The number of nitrogens with one attached hydrogen (secondary N) is 2. The van der Waals surface area contributed by atoms with Crippen molar-refractivity contribution in [1.82, 2.24) is 20.3 Å². The molecule has 0 aliphatic rings. The average Bonchev–Trinajstić information content (AvgIpc) is 3.33. The zero-order valence-corrected chi connectivity index (χ0v) is 13.9. The molecule has 2 N–H and O–H groups in total. The second kappa shape index (κ2) is 6.64. The Bertz CT molecular complexity index is 1040. The van der Waals surface area contributed by atoms with E-state index in [-0.39, 0.29) is 11.6 Å². The molecule has 1 aromatic carbocycles. The summed E-state index contributed by atoms with van der Waals surface area (Å²) in [6, 6.07) is 14.8. The van der Waals surface area contributed by atoms with E-state index in [0.717, 1.165) is 22.4 Å². The molecule has 0 unspecified atom stereocenters. The standard InChI is InChI=1S/C19H15N5O2/c1-12-2-4-14(5-3-12)17-10-16(24-26-17)19(25)21-18-11-15(22-23-18)13-6-8-20-9-7-13/h2-11H,1H3,(H2,21,22,23,25). The van der Waals surface area contributed by atoms with Gasteiger partial charge in [0.05, 0.1) is 5.69 Å². The first kappa shape index (κ1) is 15.8. The Morgan fingerprint density at radius 3 is 2.58 bits per heavy atom. The first-order chi connectivity index (χ1) is 12.7. The first-order valence-electron chi connectivity index (χ1n) is 8.00. The third kappa shape index (κ3) is 3.23. The molecule has 0 saturated carbocycles. The van der Waals surface area contributed by atoms with Gasteiger partial charge in [0.25, 0.3) is 5.91 Å². The fraction of sp³-hybridized carbons (Fsp3) is 0.0526. The Hall–Kier alpha value is -3.74. The van der Waals surface area contributed by atoms with Gasteiger partial charge in [-0.05, 0) is 19.1 Å². The predicted octanol–water partition coefficient (Wildman–Crippen LogP) is 3.69. The minimum Gasteiger partial charge on any atom is -0.355 e. The summed E-state index contributed by atoms with van der Waals surface area (Å²) >= 11 is 0. The van der Waals surface area contributed by atoms with Crippen LogP contribution in [0.3, 0.4) is 0 Å². The molecule has 3 heterocycles. The van der Waals surface area contributed by atoms with Crippen LogP contribution in [0.1, 0.15) is 16.1 Å². The van der Waals surface area contributed by atoms with Crippen molar-refractivity contribution in [2.75, 3.05) is 5.32 Å². The van der Waals surface area contributed by atoms with Gasteiger partial charge in [0.2, 0.25) is 0 Å². The van der Waals surface area contributed by atoms with Crippen molar-refractivity contribution in [1.29, 1.82) is 0 Å². The summed E-state index contributed by atoms with van der Waals surface area (Å²) in [5.41, 5.74) is 3.91. The number of aromatic nitrogens is 4. The molecule has 0 aliphatic heterocycles. The number of nitrogens with zero attached hydrogens (tertiary/aromatic N) is 3. The van der Waals surface area contributed by atoms with E-state index in [1.807, 2.05) is 43.3 Å². The van der Waals surface area contributed by atoms with Crippen LogP contribution in [-0.4, -0.2) is 26.2 Å². The number of rotatable bonds is 4. The molecule has 0 fully saturated rings. The number of anilines is 1. The lowest BCUT2D eigenvalue weighted by molar-refractivity contribution is 0.101. The van der Waals surface area contributed by atoms with Gasteiger partial charge >= 0.3 is 0 Å². The summed E-state index contributed by atoms with van der Waals surface area (Å²) in [5.74, 6) is 0.552. The topological polar surface area (TPSA) is 96.7 Å². The molecule has 26 heavy (non-hydrogen) atoms. The van der Waals surface area contributed by atoms with Gasteiger partial charge in [0, 0.05) is 35.7 Å². The van der Waals surface area contributed by atoms with E-state index in [0.29, 0.717) is 11.6 Å². The Morgan fingerprint density at radius 2 is 1.81 bits per heavy atom. The van der Waals surface area contributed by atoms with E-state index < -0.39 is 0 Å². The largest absolute Gasteiger partial charge is 0.355 e. The lowest BCUT2D eigenvalue weighted by Crippen LogP contribution is -2.12. The Morgan fingerprint density at radius 1 is 1.04 bits per heavy atom. The number of carbonyl (C=O) groups is 1. The molecule has 4 rings (SSSR count). The zero-order valence-electron chi connectivity index (χ0n) is 13.9. The van der Waals surface area contributed by atoms with Crippen molar-refractivity contribution in [2.45, 2.75) is 6.92 Å². The quantitative estimate of drug-likeness (QED) is 0.588. The highest BCUT2D eigenvalue weighted by Crippen LogP contribution is 2.22. The van der Waals surface area contributed by atoms with E-state index in [4.69, 9.17) is 4.52 Å². The van der Waals surface area contributed by atoms with Crippen LogP contribution in [0.2, 0.25) is 0 Å². The van der Waals surface area contributed by atoms with Gasteiger partial charge < -0.3 is 9.84 Å². The Kier molecular flexibility index (Phi) is 4.03. The van der Waals surface area contributed by atoms with Crippen LogP contribution in [0, 0.1) is 6.92 Å². The molecule has 0 radical (unpaired) electrons. The van der Waals surface area contributed by atoms with Crippen molar-refractivity contribution in [3.63, 3.8) is 0 Å². The minimum absolute atomic E-state index is 0.189.